The van der Waals surface area contributed by atoms with Crippen LogP contribution < -0.4 is 5.32 Å². The molecule has 1 atom stereocenters. The predicted molar refractivity (Wildman–Crippen MR) is 66.7 cm³/mol. The molecule has 5 nitrogen and oxygen atoms in total. The predicted octanol–water partition coefficient (Wildman–Crippen LogP) is 0.362. The molecule has 1 aromatic rings. The van der Waals surface area contributed by atoms with Gasteiger partial charge in [0.1, 0.15) is 5.60 Å². The fourth-order valence-corrected chi connectivity index (χ4v) is 1.69. The molecule has 0 bridgehead atoms. The minimum absolute atomic E-state index is 0.212. The Bertz CT molecular complexity index is 425. The van der Waals surface area contributed by atoms with Crippen molar-refractivity contribution in [2.75, 3.05) is 19.8 Å². The molecule has 1 aromatic heterocycles. The zero-order valence-corrected chi connectivity index (χ0v) is 10.0. The molecule has 0 radical (unpaired) electrons. The maximum absolute atomic E-state index is 11.5. The summed E-state index contributed by atoms with van der Waals surface area (Å²) in [4.78, 5) is 15.5. The number of hydrogen-bond donors (Lipinski definition) is 2. The lowest BCUT2D eigenvalue weighted by molar-refractivity contribution is -0.117. The zero-order valence-electron chi connectivity index (χ0n) is 10.0. The maximum atomic E-state index is 11.5. The van der Waals surface area contributed by atoms with Crippen LogP contribution in [0.4, 0.5) is 0 Å². The Labute approximate surface area is 105 Å². The van der Waals surface area contributed by atoms with E-state index in [4.69, 9.17) is 4.74 Å². The van der Waals surface area contributed by atoms with Gasteiger partial charge in [0.25, 0.3) is 0 Å². The molecule has 2 rings (SSSR count). The number of aliphatic hydroxyl groups is 1. The first-order chi connectivity index (χ1) is 8.68. The van der Waals surface area contributed by atoms with Crippen LogP contribution in [-0.2, 0) is 9.53 Å². The van der Waals surface area contributed by atoms with Crippen LogP contribution in [0.2, 0.25) is 0 Å². The molecule has 2 N–H and O–H groups in total. The van der Waals surface area contributed by atoms with Crippen molar-refractivity contribution in [3.63, 3.8) is 0 Å². The number of amides is 1. The van der Waals surface area contributed by atoms with Gasteiger partial charge in [0.05, 0.1) is 6.61 Å². The normalized spacial score (nSPS) is 23.4. The van der Waals surface area contributed by atoms with Crippen molar-refractivity contribution in [1.29, 1.82) is 0 Å². The van der Waals surface area contributed by atoms with Gasteiger partial charge in [-0.2, -0.15) is 0 Å². The van der Waals surface area contributed by atoms with Crippen LogP contribution in [0.3, 0.4) is 0 Å². The van der Waals surface area contributed by atoms with Crippen LogP contribution in [-0.4, -0.2) is 41.4 Å². The molecule has 1 aliphatic rings. The van der Waals surface area contributed by atoms with Gasteiger partial charge in [0, 0.05) is 38.0 Å². The first kappa shape index (κ1) is 12.7. The third-order valence-corrected chi connectivity index (χ3v) is 2.79. The van der Waals surface area contributed by atoms with E-state index < -0.39 is 5.60 Å². The summed E-state index contributed by atoms with van der Waals surface area (Å²) in [6.07, 6.45) is 7.00. The van der Waals surface area contributed by atoms with E-state index in [9.17, 15) is 9.90 Å². The van der Waals surface area contributed by atoms with Gasteiger partial charge in [-0.3, -0.25) is 9.78 Å². The molecular weight excluding hydrogens is 232 g/mol. The largest absolute Gasteiger partial charge is 0.386 e. The molecule has 18 heavy (non-hydrogen) atoms. The average Bonchev–Trinajstić information content (AvgIpc) is 2.83. The smallest absolute Gasteiger partial charge is 0.244 e. The van der Waals surface area contributed by atoms with Gasteiger partial charge < -0.3 is 15.2 Å². The van der Waals surface area contributed by atoms with Gasteiger partial charge in [0.15, 0.2) is 0 Å². The number of hydrogen-bond acceptors (Lipinski definition) is 4. The number of aromatic nitrogens is 1. The van der Waals surface area contributed by atoms with Crippen molar-refractivity contribution in [2.45, 2.75) is 12.0 Å². The summed E-state index contributed by atoms with van der Waals surface area (Å²) in [5, 5.41) is 12.6. The summed E-state index contributed by atoms with van der Waals surface area (Å²) in [5.41, 5.74) is -0.0618. The first-order valence-electron chi connectivity index (χ1n) is 5.84. The van der Waals surface area contributed by atoms with E-state index in [0.717, 1.165) is 5.56 Å². The van der Waals surface area contributed by atoms with Crippen LogP contribution >= 0.6 is 0 Å². The summed E-state index contributed by atoms with van der Waals surface area (Å²) in [5.74, 6) is -0.237. The Morgan fingerprint density at radius 3 is 3.22 bits per heavy atom. The highest BCUT2D eigenvalue weighted by Gasteiger charge is 2.32. The average molecular weight is 248 g/mol. The van der Waals surface area contributed by atoms with Crippen molar-refractivity contribution in [2.24, 2.45) is 0 Å². The summed E-state index contributed by atoms with van der Waals surface area (Å²) in [6.45, 7) is 1.03. The van der Waals surface area contributed by atoms with Crippen LogP contribution in [0, 0.1) is 0 Å². The van der Waals surface area contributed by atoms with Gasteiger partial charge in [-0.05, 0) is 17.7 Å². The lowest BCUT2D eigenvalue weighted by Crippen LogP contribution is -2.42. The highest BCUT2D eigenvalue weighted by molar-refractivity contribution is 5.91. The molecule has 5 heteroatoms. The number of rotatable bonds is 4. The second-order valence-corrected chi connectivity index (χ2v) is 4.36. The van der Waals surface area contributed by atoms with E-state index in [1.807, 2.05) is 6.07 Å². The van der Waals surface area contributed by atoms with Gasteiger partial charge >= 0.3 is 0 Å². The summed E-state index contributed by atoms with van der Waals surface area (Å²) in [7, 11) is 0. The van der Waals surface area contributed by atoms with E-state index in [2.05, 4.69) is 10.3 Å². The Kier molecular flexibility index (Phi) is 4.07. The molecule has 0 aliphatic carbocycles. The van der Waals surface area contributed by atoms with E-state index in [0.29, 0.717) is 13.0 Å². The molecule has 0 saturated carbocycles. The number of carbonyl (C=O) groups is 1. The van der Waals surface area contributed by atoms with Gasteiger partial charge in [-0.1, -0.05) is 6.07 Å². The highest BCUT2D eigenvalue weighted by Crippen LogP contribution is 2.16. The van der Waals surface area contributed by atoms with Crippen molar-refractivity contribution < 1.29 is 14.6 Å². The van der Waals surface area contributed by atoms with Crippen molar-refractivity contribution in [3.05, 3.63) is 36.2 Å². The fraction of sp³-hybridized carbons (Fsp3) is 0.385. The quantitative estimate of drug-likeness (QED) is 0.755. The third-order valence-electron chi connectivity index (χ3n) is 2.79. The van der Waals surface area contributed by atoms with E-state index in [1.165, 1.54) is 6.08 Å². The molecular formula is C13H16N2O3. The zero-order chi connectivity index (χ0) is 12.8. The van der Waals surface area contributed by atoms with Crippen LogP contribution in [0.1, 0.15) is 12.0 Å². The minimum Gasteiger partial charge on any atom is -0.386 e. The van der Waals surface area contributed by atoms with Crippen molar-refractivity contribution in [3.8, 4) is 0 Å². The standard InChI is InChI=1S/C13H16N2O3/c16-12(4-3-11-2-1-6-14-8-11)15-9-13(17)5-7-18-10-13/h1-4,6,8,17H,5,7,9-10H2,(H,15,16)/b4-3+. The van der Waals surface area contributed by atoms with Gasteiger partial charge in [-0.25, -0.2) is 0 Å². The van der Waals surface area contributed by atoms with Crippen LogP contribution in [0.15, 0.2) is 30.6 Å². The minimum atomic E-state index is -0.919. The summed E-state index contributed by atoms with van der Waals surface area (Å²) < 4.78 is 5.09. The second-order valence-electron chi connectivity index (χ2n) is 4.36. The Hall–Kier alpha value is -1.72. The maximum Gasteiger partial charge on any atom is 0.244 e. The Balaban J connectivity index is 1.80. The van der Waals surface area contributed by atoms with E-state index in [1.54, 1.807) is 24.5 Å². The number of carbonyl (C=O) groups excluding carboxylic acids is 1. The van der Waals surface area contributed by atoms with Gasteiger partial charge in [-0.15, -0.1) is 0 Å². The number of nitrogens with zero attached hydrogens (tertiary/aromatic N) is 1. The van der Waals surface area contributed by atoms with Gasteiger partial charge in [0.2, 0.25) is 5.91 Å². The van der Waals surface area contributed by atoms with Crippen molar-refractivity contribution >= 4 is 12.0 Å². The Morgan fingerprint density at radius 1 is 1.67 bits per heavy atom. The summed E-state index contributed by atoms with van der Waals surface area (Å²) >= 11 is 0. The van der Waals surface area contributed by atoms with E-state index in [-0.39, 0.29) is 19.1 Å². The SMILES string of the molecule is O=C(/C=C/c1cccnc1)NCC1(O)CCOC1. The third kappa shape index (κ3) is 3.65. The Morgan fingerprint density at radius 2 is 2.56 bits per heavy atom. The lowest BCUT2D eigenvalue weighted by atomic mass is 10.0. The van der Waals surface area contributed by atoms with Crippen LogP contribution in [0.5, 0.6) is 0 Å². The van der Waals surface area contributed by atoms with Crippen LogP contribution in [0.25, 0.3) is 6.08 Å². The number of nitrogens with one attached hydrogen (secondary N) is 1. The molecule has 0 spiro atoms. The number of ether oxygens (including phenoxy) is 1. The summed E-state index contributed by atoms with van der Waals surface area (Å²) in [6, 6.07) is 3.66. The lowest BCUT2D eigenvalue weighted by Gasteiger charge is -2.19. The molecule has 1 amide bonds. The molecule has 2 heterocycles. The second kappa shape index (κ2) is 5.75. The topological polar surface area (TPSA) is 71.5 Å². The number of pyridine rings is 1. The molecule has 1 aliphatic heterocycles. The fourth-order valence-electron chi connectivity index (χ4n) is 1.69. The first-order valence-corrected chi connectivity index (χ1v) is 5.84. The van der Waals surface area contributed by atoms with Crippen molar-refractivity contribution in [1.82, 2.24) is 10.3 Å². The monoisotopic (exact) mass is 248 g/mol. The molecule has 1 saturated heterocycles. The molecule has 1 fully saturated rings. The molecule has 1 unspecified atom stereocenters. The molecule has 0 aromatic carbocycles. The van der Waals surface area contributed by atoms with E-state index >= 15 is 0 Å². The molecule has 96 valence electrons. The highest BCUT2D eigenvalue weighted by atomic mass is 16.5.